The molecule has 5 nitrogen and oxygen atoms in total. The highest BCUT2D eigenvalue weighted by atomic mass is 35.5. The smallest absolute Gasteiger partial charge is 0.266 e. The first-order valence-electron chi connectivity index (χ1n) is 10.3. The first-order chi connectivity index (χ1) is 15.5. The second-order valence-corrected chi connectivity index (χ2v) is 8.76. The van der Waals surface area contributed by atoms with Crippen molar-refractivity contribution in [2.45, 2.75) is 18.0 Å². The summed E-state index contributed by atoms with van der Waals surface area (Å²) in [4.78, 5) is 30.5. The molecule has 0 aliphatic rings. The Kier molecular flexibility index (Phi) is 6.93. The number of nitrogens with one attached hydrogen (secondary N) is 1. The standard InChI is InChI=1S/C25H22ClN3O2S/c1-17(18-9-3-2-4-10-18)15-27-23(30)16-32-25-28-21-13-7-5-11-19(21)24(31)29(25)22-14-8-6-12-20(22)26/h2-14,17H,15-16H2,1H3,(H,27,30). The van der Waals surface area contributed by atoms with E-state index in [1.807, 2.05) is 42.5 Å². The highest BCUT2D eigenvalue weighted by Crippen LogP contribution is 2.25. The van der Waals surface area contributed by atoms with E-state index in [-0.39, 0.29) is 23.1 Å². The number of hydrogen-bond acceptors (Lipinski definition) is 4. The number of carbonyl (C=O) groups excluding carboxylic acids is 1. The van der Waals surface area contributed by atoms with Crippen LogP contribution in [0.5, 0.6) is 0 Å². The topological polar surface area (TPSA) is 64.0 Å². The van der Waals surface area contributed by atoms with Crippen LogP contribution in [0.3, 0.4) is 0 Å². The van der Waals surface area contributed by atoms with Crippen LogP contribution in [0.1, 0.15) is 18.4 Å². The SMILES string of the molecule is CC(CNC(=O)CSc1nc2ccccc2c(=O)n1-c1ccccc1Cl)c1ccccc1. The minimum atomic E-state index is -0.218. The third kappa shape index (κ3) is 4.87. The van der Waals surface area contributed by atoms with E-state index >= 15 is 0 Å². The lowest BCUT2D eigenvalue weighted by molar-refractivity contribution is -0.118. The van der Waals surface area contributed by atoms with Crippen LogP contribution in [-0.2, 0) is 4.79 Å². The first-order valence-corrected chi connectivity index (χ1v) is 11.6. The van der Waals surface area contributed by atoms with Crippen LogP contribution in [0, 0.1) is 0 Å². The number of carbonyl (C=O) groups is 1. The van der Waals surface area contributed by atoms with E-state index in [9.17, 15) is 9.59 Å². The molecule has 7 heteroatoms. The third-order valence-corrected chi connectivity index (χ3v) is 6.40. The van der Waals surface area contributed by atoms with Crippen LogP contribution in [0.15, 0.2) is 88.8 Å². The molecular weight excluding hydrogens is 442 g/mol. The number of nitrogens with zero attached hydrogens (tertiary/aromatic N) is 2. The van der Waals surface area contributed by atoms with E-state index in [1.165, 1.54) is 21.9 Å². The molecule has 0 radical (unpaired) electrons. The van der Waals surface area contributed by atoms with Crippen molar-refractivity contribution in [1.29, 1.82) is 0 Å². The molecule has 1 heterocycles. The number of para-hydroxylation sites is 2. The van der Waals surface area contributed by atoms with Crippen molar-refractivity contribution in [1.82, 2.24) is 14.9 Å². The summed E-state index contributed by atoms with van der Waals surface area (Å²) in [6.45, 7) is 2.61. The number of benzene rings is 3. The Morgan fingerprint density at radius 1 is 1.03 bits per heavy atom. The third-order valence-electron chi connectivity index (χ3n) is 5.14. The van der Waals surface area contributed by atoms with Crippen molar-refractivity contribution < 1.29 is 4.79 Å². The Labute approximate surface area is 195 Å². The Morgan fingerprint density at radius 2 is 1.72 bits per heavy atom. The fraction of sp³-hybridized carbons (Fsp3) is 0.160. The van der Waals surface area contributed by atoms with Gasteiger partial charge in [-0.15, -0.1) is 0 Å². The minimum absolute atomic E-state index is 0.120. The van der Waals surface area contributed by atoms with E-state index in [1.54, 1.807) is 36.4 Å². The van der Waals surface area contributed by atoms with Crippen molar-refractivity contribution in [3.05, 3.63) is 99.8 Å². The summed E-state index contributed by atoms with van der Waals surface area (Å²) in [6.07, 6.45) is 0. The molecule has 1 atom stereocenters. The van der Waals surface area contributed by atoms with Crippen LogP contribution in [0.2, 0.25) is 5.02 Å². The number of rotatable bonds is 7. The number of halogens is 1. The van der Waals surface area contributed by atoms with Gasteiger partial charge in [0.2, 0.25) is 5.91 Å². The monoisotopic (exact) mass is 463 g/mol. The van der Waals surface area contributed by atoms with Gasteiger partial charge in [-0.05, 0) is 35.7 Å². The van der Waals surface area contributed by atoms with Crippen molar-refractivity contribution in [3.63, 3.8) is 0 Å². The lowest BCUT2D eigenvalue weighted by Gasteiger charge is -2.15. The molecule has 1 N–H and O–H groups in total. The molecule has 0 saturated heterocycles. The number of aromatic nitrogens is 2. The quantitative estimate of drug-likeness (QED) is 0.307. The van der Waals surface area contributed by atoms with Gasteiger partial charge in [0.15, 0.2) is 5.16 Å². The molecule has 3 aromatic carbocycles. The molecule has 1 unspecified atom stereocenters. The minimum Gasteiger partial charge on any atom is -0.355 e. The molecule has 4 rings (SSSR count). The second kappa shape index (κ2) is 10.0. The number of fused-ring (bicyclic) bond motifs is 1. The predicted molar refractivity (Wildman–Crippen MR) is 131 cm³/mol. The summed E-state index contributed by atoms with van der Waals surface area (Å²) in [5, 5.41) is 4.33. The maximum absolute atomic E-state index is 13.3. The number of hydrogen-bond donors (Lipinski definition) is 1. The van der Waals surface area contributed by atoms with E-state index in [4.69, 9.17) is 11.6 Å². The van der Waals surface area contributed by atoms with E-state index in [2.05, 4.69) is 17.2 Å². The zero-order chi connectivity index (χ0) is 22.5. The highest BCUT2D eigenvalue weighted by molar-refractivity contribution is 7.99. The fourth-order valence-electron chi connectivity index (χ4n) is 3.40. The van der Waals surface area contributed by atoms with Gasteiger partial charge in [0, 0.05) is 6.54 Å². The maximum Gasteiger partial charge on any atom is 0.266 e. The molecule has 0 aliphatic carbocycles. The number of amides is 1. The van der Waals surface area contributed by atoms with E-state index < -0.39 is 0 Å². The predicted octanol–water partition coefficient (Wildman–Crippen LogP) is 5.05. The van der Waals surface area contributed by atoms with Crippen molar-refractivity contribution in [2.75, 3.05) is 12.3 Å². The highest BCUT2D eigenvalue weighted by Gasteiger charge is 2.16. The normalized spacial score (nSPS) is 11.9. The Morgan fingerprint density at radius 3 is 2.50 bits per heavy atom. The molecule has 4 aromatic rings. The molecule has 1 amide bonds. The van der Waals surface area contributed by atoms with Gasteiger partial charge in [0.05, 0.1) is 27.4 Å². The van der Waals surface area contributed by atoms with Crippen LogP contribution in [0.25, 0.3) is 16.6 Å². The average Bonchev–Trinajstić information content (AvgIpc) is 2.82. The van der Waals surface area contributed by atoms with Gasteiger partial charge >= 0.3 is 0 Å². The van der Waals surface area contributed by atoms with Gasteiger partial charge in [-0.3, -0.25) is 14.2 Å². The summed E-state index contributed by atoms with van der Waals surface area (Å²) < 4.78 is 1.48. The lowest BCUT2D eigenvalue weighted by Crippen LogP contribution is -2.29. The van der Waals surface area contributed by atoms with Gasteiger partial charge in [0.1, 0.15) is 0 Å². The van der Waals surface area contributed by atoms with Crippen molar-refractivity contribution >= 4 is 40.2 Å². The van der Waals surface area contributed by atoms with Gasteiger partial charge < -0.3 is 5.32 Å². The zero-order valence-corrected chi connectivity index (χ0v) is 19.1. The molecule has 1 aromatic heterocycles. The van der Waals surface area contributed by atoms with Gasteiger partial charge in [-0.1, -0.05) is 84.9 Å². The first kappa shape index (κ1) is 22.1. The van der Waals surface area contributed by atoms with E-state index in [0.717, 1.165) is 0 Å². The molecule has 0 bridgehead atoms. The molecule has 0 aliphatic heterocycles. The van der Waals surface area contributed by atoms with Crippen LogP contribution >= 0.6 is 23.4 Å². The van der Waals surface area contributed by atoms with Gasteiger partial charge in [-0.2, -0.15) is 0 Å². The Bertz CT molecular complexity index is 1310. The zero-order valence-electron chi connectivity index (χ0n) is 17.5. The Hall–Kier alpha value is -3.09. The lowest BCUT2D eigenvalue weighted by atomic mass is 10.0. The Balaban J connectivity index is 1.56. The second-order valence-electron chi connectivity index (χ2n) is 7.41. The summed E-state index contributed by atoms with van der Waals surface area (Å²) in [5.74, 6) is 0.215. The average molecular weight is 464 g/mol. The van der Waals surface area contributed by atoms with Gasteiger partial charge in [-0.25, -0.2) is 4.98 Å². The molecule has 0 saturated carbocycles. The molecule has 0 fully saturated rings. The van der Waals surface area contributed by atoms with Gasteiger partial charge in [0.25, 0.3) is 5.56 Å². The summed E-state index contributed by atoms with van der Waals surface area (Å²) >= 11 is 7.60. The summed E-state index contributed by atoms with van der Waals surface area (Å²) in [5.41, 5.74) is 2.08. The molecule has 0 spiro atoms. The summed E-state index contributed by atoms with van der Waals surface area (Å²) in [6, 6.07) is 24.3. The largest absolute Gasteiger partial charge is 0.355 e. The van der Waals surface area contributed by atoms with Crippen molar-refractivity contribution in [3.8, 4) is 5.69 Å². The van der Waals surface area contributed by atoms with Crippen LogP contribution in [-0.4, -0.2) is 27.8 Å². The maximum atomic E-state index is 13.3. The number of thioether (sulfide) groups is 1. The molecule has 32 heavy (non-hydrogen) atoms. The molecular formula is C25H22ClN3O2S. The molecule has 162 valence electrons. The fourth-order valence-corrected chi connectivity index (χ4v) is 4.46. The van der Waals surface area contributed by atoms with E-state index in [0.29, 0.717) is 33.3 Å². The summed E-state index contributed by atoms with van der Waals surface area (Å²) in [7, 11) is 0. The van der Waals surface area contributed by atoms with Crippen molar-refractivity contribution in [2.24, 2.45) is 0 Å². The van der Waals surface area contributed by atoms with Crippen LogP contribution < -0.4 is 10.9 Å². The van der Waals surface area contributed by atoms with Crippen LogP contribution in [0.4, 0.5) is 0 Å².